The molecule has 1 aromatic carbocycles. The molecule has 0 aliphatic heterocycles. The van der Waals surface area contributed by atoms with Crippen LogP contribution in [0.3, 0.4) is 0 Å². The molecule has 0 radical (unpaired) electrons. The van der Waals surface area contributed by atoms with Crippen molar-refractivity contribution in [3.8, 4) is 0 Å². The molecule has 0 aliphatic carbocycles. The molecule has 2 rings (SSSR count). The SMILES string of the molecule is ON=C(Cl)Cc1ccc(Cc2ccc(Cl)o2)cc1. The summed E-state index contributed by atoms with van der Waals surface area (Å²) in [7, 11) is 0. The molecule has 0 saturated carbocycles. The zero-order chi connectivity index (χ0) is 13.0. The lowest BCUT2D eigenvalue weighted by atomic mass is 10.1. The predicted octanol–water partition coefficient (Wildman–Crippen LogP) is 4.09. The van der Waals surface area contributed by atoms with Gasteiger partial charge in [-0.25, -0.2) is 0 Å². The molecular weight excluding hydrogens is 273 g/mol. The minimum atomic E-state index is 0.167. The number of nitrogens with zero attached hydrogens (tertiary/aromatic N) is 1. The minimum Gasteiger partial charge on any atom is -0.449 e. The molecule has 0 unspecified atom stereocenters. The Morgan fingerprint density at radius 2 is 1.78 bits per heavy atom. The second-order valence-corrected chi connectivity index (χ2v) is 4.66. The van der Waals surface area contributed by atoms with E-state index in [-0.39, 0.29) is 5.17 Å². The highest BCUT2D eigenvalue weighted by Crippen LogP contribution is 2.17. The molecule has 94 valence electrons. The van der Waals surface area contributed by atoms with Crippen LogP contribution in [0, 0.1) is 0 Å². The smallest absolute Gasteiger partial charge is 0.193 e. The largest absolute Gasteiger partial charge is 0.449 e. The number of hydrogen-bond acceptors (Lipinski definition) is 3. The van der Waals surface area contributed by atoms with E-state index in [1.165, 1.54) is 0 Å². The van der Waals surface area contributed by atoms with Crippen LogP contribution in [-0.2, 0) is 12.8 Å². The molecule has 0 spiro atoms. The lowest BCUT2D eigenvalue weighted by molar-refractivity contribution is 0.319. The Balaban J connectivity index is 2.03. The fourth-order valence-electron chi connectivity index (χ4n) is 1.63. The van der Waals surface area contributed by atoms with Gasteiger partial charge < -0.3 is 9.62 Å². The van der Waals surface area contributed by atoms with E-state index in [9.17, 15) is 0 Å². The van der Waals surface area contributed by atoms with Gasteiger partial charge in [0.1, 0.15) is 10.9 Å². The van der Waals surface area contributed by atoms with Gasteiger partial charge in [-0.3, -0.25) is 0 Å². The lowest BCUT2D eigenvalue weighted by Crippen LogP contribution is -1.95. The van der Waals surface area contributed by atoms with Crippen LogP contribution < -0.4 is 0 Å². The van der Waals surface area contributed by atoms with E-state index in [0.29, 0.717) is 18.1 Å². The minimum absolute atomic E-state index is 0.167. The quantitative estimate of drug-likeness (QED) is 0.522. The molecule has 1 N–H and O–H groups in total. The summed E-state index contributed by atoms with van der Waals surface area (Å²) in [5.41, 5.74) is 2.10. The topological polar surface area (TPSA) is 45.7 Å². The average Bonchev–Trinajstić information content (AvgIpc) is 2.77. The second-order valence-electron chi connectivity index (χ2n) is 3.85. The third-order valence-corrected chi connectivity index (χ3v) is 2.90. The van der Waals surface area contributed by atoms with Gasteiger partial charge in [-0.1, -0.05) is 41.0 Å². The van der Waals surface area contributed by atoms with Crippen LogP contribution in [0.25, 0.3) is 0 Å². The Labute approximate surface area is 115 Å². The van der Waals surface area contributed by atoms with Crippen LogP contribution in [-0.4, -0.2) is 10.4 Å². The maximum Gasteiger partial charge on any atom is 0.193 e. The van der Waals surface area contributed by atoms with Gasteiger partial charge in [0.2, 0.25) is 0 Å². The van der Waals surface area contributed by atoms with Gasteiger partial charge >= 0.3 is 0 Å². The summed E-state index contributed by atoms with van der Waals surface area (Å²) in [6.07, 6.45) is 1.11. The number of rotatable bonds is 4. The Bertz CT molecular complexity index is 546. The Morgan fingerprint density at radius 3 is 2.33 bits per heavy atom. The number of hydrogen-bond donors (Lipinski definition) is 1. The van der Waals surface area contributed by atoms with E-state index in [4.69, 9.17) is 32.8 Å². The highest BCUT2D eigenvalue weighted by atomic mass is 35.5. The van der Waals surface area contributed by atoms with Crippen LogP contribution in [0.15, 0.2) is 46.0 Å². The highest BCUT2D eigenvalue weighted by molar-refractivity contribution is 6.65. The first-order valence-electron chi connectivity index (χ1n) is 5.36. The molecule has 1 heterocycles. The zero-order valence-corrected chi connectivity index (χ0v) is 10.9. The summed E-state index contributed by atoms with van der Waals surface area (Å²) in [4.78, 5) is 0. The Hall–Kier alpha value is -1.45. The van der Waals surface area contributed by atoms with Crippen molar-refractivity contribution >= 4 is 28.4 Å². The first-order valence-corrected chi connectivity index (χ1v) is 6.11. The van der Waals surface area contributed by atoms with Crippen molar-refractivity contribution in [2.75, 3.05) is 0 Å². The highest BCUT2D eigenvalue weighted by Gasteiger charge is 2.03. The maximum absolute atomic E-state index is 8.48. The average molecular weight is 284 g/mol. The van der Waals surface area contributed by atoms with Crippen molar-refractivity contribution in [2.24, 2.45) is 5.16 Å². The van der Waals surface area contributed by atoms with Gasteiger partial charge in [0.25, 0.3) is 0 Å². The number of oxime groups is 1. The Kier molecular flexibility index (Phi) is 4.28. The van der Waals surface area contributed by atoms with Crippen molar-refractivity contribution in [3.05, 3.63) is 58.5 Å². The van der Waals surface area contributed by atoms with E-state index in [0.717, 1.165) is 16.9 Å². The molecule has 18 heavy (non-hydrogen) atoms. The predicted molar refractivity (Wildman–Crippen MR) is 71.7 cm³/mol. The second kappa shape index (κ2) is 5.94. The van der Waals surface area contributed by atoms with Gasteiger partial charge in [-0.2, -0.15) is 0 Å². The fourth-order valence-corrected chi connectivity index (χ4v) is 1.94. The molecule has 5 heteroatoms. The van der Waals surface area contributed by atoms with Gasteiger partial charge in [0.05, 0.1) is 0 Å². The van der Waals surface area contributed by atoms with Crippen molar-refractivity contribution in [2.45, 2.75) is 12.8 Å². The normalized spacial score (nSPS) is 11.8. The van der Waals surface area contributed by atoms with Crippen molar-refractivity contribution in [3.63, 3.8) is 0 Å². The van der Waals surface area contributed by atoms with Crippen LogP contribution in [0.5, 0.6) is 0 Å². The maximum atomic E-state index is 8.48. The van der Waals surface area contributed by atoms with Gasteiger partial charge in [-0.05, 0) is 34.9 Å². The summed E-state index contributed by atoms with van der Waals surface area (Å²) < 4.78 is 5.29. The number of furan rings is 1. The van der Waals surface area contributed by atoms with E-state index >= 15 is 0 Å². The Morgan fingerprint density at radius 1 is 1.11 bits per heavy atom. The number of halogens is 2. The molecule has 0 saturated heterocycles. The first kappa shape index (κ1) is 13.0. The summed E-state index contributed by atoms with van der Waals surface area (Å²) >= 11 is 11.3. The third kappa shape index (κ3) is 3.52. The van der Waals surface area contributed by atoms with E-state index in [1.54, 1.807) is 6.07 Å². The van der Waals surface area contributed by atoms with E-state index in [1.807, 2.05) is 30.3 Å². The van der Waals surface area contributed by atoms with Crippen molar-refractivity contribution in [1.82, 2.24) is 0 Å². The van der Waals surface area contributed by atoms with E-state index in [2.05, 4.69) is 5.16 Å². The van der Waals surface area contributed by atoms with Crippen LogP contribution in [0.2, 0.25) is 5.22 Å². The molecule has 0 bridgehead atoms. The summed E-state index contributed by atoms with van der Waals surface area (Å²) in [6.45, 7) is 0. The monoisotopic (exact) mass is 283 g/mol. The van der Waals surface area contributed by atoms with Crippen LogP contribution in [0.1, 0.15) is 16.9 Å². The molecule has 0 amide bonds. The number of benzene rings is 1. The van der Waals surface area contributed by atoms with Crippen LogP contribution >= 0.6 is 23.2 Å². The molecule has 1 aromatic heterocycles. The van der Waals surface area contributed by atoms with Crippen molar-refractivity contribution < 1.29 is 9.62 Å². The molecule has 3 nitrogen and oxygen atoms in total. The molecule has 0 aliphatic rings. The van der Waals surface area contributed by atoms with E-state index < -0.39 is 0 Å². The van der Waals surface area contributed by atoms with Gasteiger partial charge in [0, 0.05) is 12.8 Å². The molecule has 0 atom stereocenters. The molecule has 2 aromatic rings. The standard InChI is InChI=1S/C13H11Cl2NO2/c14-12(16-17)8-10-3-1-9(2-4-10)7-11-5-6-13(15)18-11/h1-6,17H,7-8H2. The van der Waals surface area contributed by atoms with Crippen molar-refractivity contribution in [1.29, 1.82) is 0 Å². The lowest BCUT2D eigenvalue weighted by Gasteiger charge is -2.01. The molecular formula is C13H11Cl2NO2. The van der Waals surface area contributed by atoms with Gasteiger partial charge in [0.15, 0.2) is 5.22 Å². The summed E-state index contributed by atoms with van der Waals surface area (Å²) in [6, 6.07) is 11.4. The van der Waals surface area contributed by atoms with Crippen LogP contribution in [0.4, 0.5) is 0 Å². The summed E-state index contributed by atoms with van der Waals surface area (Å²) in [5.74, 6) is 0.822. The fraction of sp³-hybridized carbons (Fsp3) is 0.154. The third-order valence-electron chi connectivity index (χ3n) is 2.49. The zero-order valence-electron chi connectivity index (χ0n) is 9.44. The van der Waals surface area contributed by atoms with Gasteiger partial charge in [-0.15, -0.1) is 0 Å². The summed E-state index contributed by atoms with van der Waals surface area (Å²) in [5, 5.41) is 12.0. The molecule has 0 fully saturated rings. The first-order chi connectivity index (χ1) is 8.67.